The standard InChI is InChI=1S/C22H21ClFN3O5S2/c1-15-6-7-18(13-21(15)23)26-34(31,32)20-10-8-17(9-11-20)25-22(28)14-27(33(2,29)30)19-5-3-4-16(24)12-19/h3-13,26H,14H2,1-2H3,(H,25,28). The zero-order valence-electron chi connectivity index (χ0n) is 18.1. The van der Waals surface area contributed by atoms with Crippen molar-refractivity contribution in [1.82, 2.24) is 0 Å². The summed E-state index contributed by atoms with van der Waals surface area (Å²) >= 11 is 6.03. The number of hydrogen-bond acceptors (Lipinski definition) is 5. The largest absolute Gasteiger partial charge is 0.325 e. The molecule has 180 valence electrons. The number of amides is 1. The number of aryl methyl sites for hydroxylation is 1. The summed E-state index contributed by atoms with van der Waals surface area (Å²) in [5.74, 6) is -1.34. The van der Waals surface area contributed by atoms with E-state index >= 15 is 0 Å². The van der Waals surface area contributed by atoms with Crippen molar-refractivity contribution in [1.29, 1.82) is 0 Å². The van der Waals surface area contributed by atoms with Gasteiger partial charge in [0, 0.05) is 10.7 Å². The highest BCUT2D eigenvalue weighted by atomic mass is 35.5. The van der Waals surface area contributed by atoms with Gasteiger partial charge in [-0.25, -0.2) is 21.2 Å². The summed E-state index contributed by atoms with van der Waals surface area (Å²) in [5.41, 5.74) is 1.35. The number of anilines is 3. The molecule has 1 amide bonds. The predicted molar refractivity (Wildman–Crippen MR) is 131 cm³/mol. The van der Waals surface area contributed by atoms with Crippen molar-refractivity contribution in [3.05, 3.63) is 83.1 Å². The molecule has 3 aromatic rings. The molecule has 12 heteroatoms. The highest BCUT2D eigenvalue weighted by molar-refractivity contribution is 7.92. The molecule has 0 fully saturated rings. The normalized spacial score (nSPS) is 11.6. The number of rotatable bonds is 8. The fourth-order valence-corrected chi connectivity index (χ4v) is 5.03. The quantitative estimate of drug-likeness (QED) is 0.461. The number of hydrogen-bond donors (Lipinski definition) is 2. The third-order valence-electron chi connectivity index (χ3n) is 4.66. The van der Waals surface area contributed by atoms with Crippen molar-refractivity contribution in [3.8, 4) is 0 Å². The Bertz CT molecular complexity index is 1430. The van der Waals surface area contributed by atoms with Crippen molar-refractivity contribution in [2.45, 2.75) is 11.8 Å². The maximum absolute atomic E-state index is 13.5. The molecule has 0 unspecified atom stereocenters. The van der Waals surface area contributed by atoms with Gasteiger partial charge in [-0.2, -0.15) is 0 Å². The van der Waals surface area contributed by atoms with E-state index in [0.717, 1.165) is 28.3 Å². The molecule has 2 N–H and O–H groups in total. The van der Waals surface area contributed by atoms with Crippen LogP contribution < -0.4 is 14.3 Å². The third-order valence-corrected chi connectivity index (χ3v) is 7.60. The highest BCUT2D eigenvalue weighted by Gasteiger charge is 2.22. The van der Waals surface area contributed by atoms with Crippen molar-refractivity contribution in [2.24, 2.45) is 0 Å². The molecule has 3 aromatic carbocycles. The fourth-order valence-electron chi connectivity index (χ4n) is 2.95. The van der Waals surface area contributed by atoms with Gasteiger partial charge in [-0.15, -0.1) is 0 Å². The molecule has 0 radical (unpaired) electrons. The minimum absolute atomic E-state index is 0.00127. The summed E-state index contributed by atoms with van der Waals surface area (Å²) in [6.45, 7) is 1.19. The Morgan fingerprint density at radius 1 is 0.971 bits per heavy atom. The average molecular weight is 526 g/mol. The minimum atomic E-state index is -3.91. The van der Waals surface area contributed by atoms with Gasteiger partial charge in [0.25, 0.3) is 10.0 Å². The van der Waals surface area contributed by atoms with Gasteiger partial charge in [0.15, 0.2) is 0 Å². The van der Waals surface area contributed by atoms with E-state index in [1.54, 1.807) is 19.1 Å². The minimum Gasteiger partial charge on any atom is -0.325 e. The Morgan fingerprint density at radius 3 is 2.21 bits per heavy atom. The monoisotopic (exact) mass is 525 g/mol. The molecule has 0 atom stereocenters. The second kappa shape index (κ2) is 10.00. The highest BCUT2D eigenvalue weighted by Crippen LogP contribution is 2.23. The Hall–Kier alpha value is -3.15. The zero-order chi connectivity index (χ0) is 25.1. The number of carbonyl (C=O) groups excluding carboxylic acids is 1. The molecule has 34 heavy (non-hydrogen) atoms. The molecule has 0 aliphatic rings. The topological polar surface area (TPSA) is 113 Å². The van der Waals surface area contributed by atoms with Crippen molar-refractivity contribution < 1.29 is 26.0 Å². The second-order valence-corrected chi connectivity index (χ2v) is 11.4. The van der Waals surface area contributed by atoms with Gasteiger partial charge in [-0.05, 0) is 67.1 Å². The van der Waals surface area contributed by atoms with Gasteiger partial charge in [-0.3, -0.25) is 13.8 Å². The van der Waals surface area contributed by atoms with Crippen LogP contribution in [0.1, 0.15) is 5.56 Å². The summed E-state index contributed by atoms with van der Waals surface area (Å²) in [4.78, 5) is 12.4. The number of sulfonamides is 2. The molecule has 0 bridgehead atoms. The van der Waals surface area contributed by atoms with Crippen LogP contribution in [0.4, 0.5) is 21.5 Å². The Morgan fingerprint density at radius 2 is 1.62 bits per heavy atom. The first kappa shape index (κ1) is 25.5. The van der Waals surface area contributed by atoms with E-state index in [1.165, 1.54) is 42.5 Å². The van der Waals surface area contributed by atoms with Gasteiger partial charge in [0.1, 0.15) is 12.4 Å². The predicted octanol–water partition coefficient (Wildman–Crippen LogP) is 3.99. The van der Waals surface area contributed by atoms with Crippen LogP contribution in [0.15, 0.2) is 71.6 Å². The lowest BCUT2D eigenvalue weighted by Gasteiger charge is -2.22. The molecular formula is C22H21ClFN3O5S2. The fraction of sp³-hybridized carbons (Fsp3) is 0.136. The van der Waals surface area contributed by atoms with Crippen LogP contribution in [0, 0.1) is 12.7 Å². The van der Waals surface area contributed by atoms with Gasteiger partial charge in [0.2, 0.25) is 15.9 Å². The first-order valence-corrected chi connectivity index (χ1v) is 13.5. The van der Waals surface area contributed by atoms with Crippen LogP contribution in [-0.4, -0.2) is 35.5 Å². The molecule has 0 aliphatic heterocycles. The van der Waals surface area contributed by atoms with E-state index in [9.17, 15) is 26.0 Å². The molecule has 0 aliphatic carbocycles. The summed E-state index contributed by atoms with van der Waals surface area (Å²) in [6, 6.07) is 14.9. The summed E-state index contributed by atoms with van der Waals surface area (Å²) in [7, 11) is -7.79. The second-order valence-electron chi connectivity index (χ2n) is 7.39. The van der Waals surface area contributed by atoms with E-state index in [-0.39, 0.29) is 16.3 Å². The van der Waals surface area contributed by atoms with Crippen LogP contribution >= 0.6 is 11.6 Å². The summed E-state index contributed by atoms with van der Waals surface area (Å²) in [6.07, 6.45) is 0.902. The molecule has 0 saturated carbocycles. The van der Waals surface area contributed by atoms with Crippen LogP contribution in [0.5, 0.6) is 0 Å². The molecule has 0 spiro atoms. The van der Waals surface area contributed by atoms with Crippen molar-refractivity contribution >= 4 is 54.6 Å². The van der Waals surface area contributed by atoms with Crippen molar-refractivity contribution in [2.75, 3.05) is 27.1 Å². The number of nitrogens with one attached hydrogen (secondary N) is 2. The van der Waals surface area contributed by atoms with E-state index in [0.29, 0.717) is 10.7 Å². The number of nitrogens with zero attached hydrogens (tertiary/aromatic N) is 1. The first-order chi connectivity index (χ1) is 15.8. The lowest BCUT2D eigenvalue weighted by Crippen LogP contribution is -2.37. The maximum atomic E-state index is 13.5. The van der Waals surface area contributed by atoms with Crippen molar-refractivity contribution in [3.63, 3.8) is 0 Å². The van der Waals surface area contributed by atoms with Gasteiger partial charge in [0.05, 0.1) is 22.5 Å². The van der Waals surface area contributed by atoms with E-state index in [2.05, 4.69) is 10.0 Å². The number of carbonyl (C=O) groups is 1. The Labute approximate surface area is 202 Å². The average Bonchev–Trinajstić information content (AvgIpc) is 2.74. The first-order valence-electron chi connectivity index (χ1n) is 9.77. The lowest BCUT2D eigenvalue weighted by atomic mass is 10.2. The lowest BCUT2D eigenvalue weighted by molar-refractivity contribution is -0.114. The molecule has 0 aromatic heterocycles. The van der Waals surface area contributed by atoms with Gasteiger partial charge < -0.3 is 5.32 Å². The maximum Gasteiger partial charge on any atom is 0.261 e. The SMILES string of the molecule is Cc1ccc(NS(=O)(=O)c2ccc(NC(=O)CN(c3cccc(F)c3)S(C)(=O)=O)cc2)cc1Cl. The Balaban J connectivity index is 1.71. The molecule has 8 nitrogen and oxygen atoms in total. The smallest absolute Gasteiger partial charge is 0.261 e. The van der Waals surface area contributed by atoms with Gasteiger partial charge in [-0.1, -0.05) is 23.7 Å². The van der Waals surface area contributed by atoms with Crippen LogP contribution in [-0.2, 0) is 24.8 Å². The van der Waals surface area contributed by atoms with Crippen LogP contribution in [0.3, 0.4) is 0 Å². The number of benzene rings is 3. The van der Waals surface area contributed by atoms with E-state index < -0.39 is 38.3 Å². The molecule has 0 heterocycles. The number of halogens is 2. The van der Waals surface area contributed by atoms with Crippen LogP contribution in [0.2, 0.25) is 5.02 Å². The molecule has 0 saturated heterocycles. The van der Waals surface area contributed by atoms with E-state index in [4.69, 9.17) is 11.6 Å². The van der Waals surface area contributed by atoms with Gasteiger partial charge >= 0.3 is 0 Å². The van der Waals surface area contributed by atoms with E-state index in [1.807, 2.05) is 0 Å². The summed E-state index contributed by atoms with van der Waals surface area (Å²) < 4.78 is 66.2. The summed E-state index contributed by atoms with van der Waals surface area (Å²) in [5, 5.41) is 2.92. The molecule has 3 rings (SSSR count). The Kier molecular flexibility index (Phi) is 7.49. The van der Waals surface area contributed by atoms with Crippen LogP contribution in [0.25, 0.3) is 0 Å². The third kappa shape index (κ3) is 6.46. The zero-order valence-corrected chi connectivity index (χ0v) is 20.5. The molecular weight excluding hydrogens is 505 g/mol.